The summed E-state index contributed by atoms with van der Waals surface area (Å²) >= 11 is 5.75. The van der Waals surface area contributed by atoms with Gasteiger partial charge in [0.15, 0.2) is 12.5 Å². The molecule has 0 aromatic heterocycles. The number of aldehydes is 1. The van der Waals surface area contributed by atoms with E-state index in [-0.39, 0.29) is 0 Å². The van der Waals surface area contributed by atoms with E-state index < -0.39 is 6.17 Å². The maximum absolute atomic E-state index is 10.6. The first-order valence-corrected chi connectivity index (χ1v) is 4.47. The Labute approximate surface area is 86.2 Å². The van der Waals surface area contributed by atoms with Crippen LogP contribution in [-0.2, 0) is 4.79 Å². The third-order valence-corrected chi connectivity index (χ3v) is 2.19. The maximum atomic E-state index is 10.6. The molecule has 0 saturated carbocycles. The van der Waals surface area contributed by atoms with Gasteiger partial charge in [-0.3, -0.25) is 10.2 Å². The first-order chi connectivity index (χ1) is 6.81. The molecule has 1 aromatic carbocycles. The van der Waals surface area contributed by atoms with Crippen molar-refractivity contribution in [3.8, 4) is 0 Å². The fourth-order valence-electron chi connectivity index (χ4n) is 1.24. The highest BCUT2D eigenvalue weighted by Crippen LogP contribution is 2.19. The van der Waals surface area contributed by atoms with E-state index in [0.717, 1.165) is 12.0 Å². The van der Waals surface area contributed by atoms with Gasteiger partial charge in [0.1, 0.15) is 6.34 Å². The minimum absolute atomic E-state index is 0.420. The predicted molar refractivity (Wildman–Crippen MR) is 55.4 cm³/mol. The molecule has 2 rings (SSSR count). The first kappa shape index (κ1) is 9.02. The Morgan fingerprint density at radius 2 is 2.14 bits per heavy atom. The number of rotatable bonds is 2. The highest BCUT2D eigenvalue weighted by molar-refractivity contribution is 6.30. The van der Waals surface area contributed by atoms with E-state index in [0.29, 0.717) is 5.02 Å². The zero-order valence-corrected chi connectivity index (χ0v) is 7.98. The van der Waals surface area contributed by atoms with Crippen molar-refractivity contribution in [1.82, 2.24) is 5.43 Å². The fraction of sp³-hybridized carbons (Fsp3) is 0.111. The molecule has 1 atom stereocenters. The van der Waals surface area contributed by atoms with Crippen LogP contribution >= 0.6 is 11.6 Å². The van der Waals surface area contributed by atoms with E-state index >= 15 is 0 Å². The molecule has 4 nitrogen and oxygen atoms in total. The van der Waals surface area contributed by atoms with E-state index in [4.69, 9.17) is 11.6 Å². The van der Waals surface area contributed by atoms with Crippen molar-refractivity contribution in [2.45, 2.75) is 6.17 Å². The molecular weight excluding hydrogens is 202 g/mol. The van der Waals surface area contributed by atoms with Gasteiger partial charge < -0.3 is 4.90 Å². The number of nitrogens with one attached hydrogen (secondary N) is 1. The Morgan fingerprint density at radius 1 is 1.43 bits per heavy atom. The Kier molecular flexibility index (Phi) is 2.37. The van der Waals surface area contributed by atoms with Gasteiger partial charge in [-0.05, 0) is 24.3 Å². The average Bonchev–Trinajstić information content (AvgIpc) is 2.67. The summed E-state index contributed by atoms with van der Waals surface area (Å²) < 4.78 is 0. The summed E-state index contributed by atoms with van der Waals surface area (Å²) in [4.78, 5) is 12.4. The number of hydrazone groups is 1. The minimum atomic E-state index is -0.420. The summed E-state index contributed by atoms with van der Waals surface area (Å²) in [6.07, 6.45) is 1.94. The highest BCUT2D eigenvalue weighted by Gasteiger charge is 2.19. The van der Waals surface area contributed by atoms with Gasteiger partial charge >= 0.3 is 0 Å². The largest absolute Gasteiger partial charge is 0.302 e. The van der Waals surface area contributed by atoms with Crippen molar-refractivity contribution in [3.63, 3.8) is 0 Å². The van der Waals surface area contributed by atoms with Gasteiger partial charge in [-0.25, -0.2) is 0 Å². The molecule has 0 spiro atoms. The van der Waals surface area contributed by atoms with Gasteiger partial charge in [-0.15, -0.1) is 0 Å². The molecular formula is C9H8ClN3O. The SMILES string of the molecule is O=CC1NN=CN1c1ccc(Cl)cc1. The monoisotopic (exact) mass is 209 g/mol. The summed E-state index contributed by atoms with van der Waals surface area (Å²) in [5.41, 5.74) is 3.54. The molecule has 0 fully saturated rings. The second-order valence-electron chi connectivity index (χ2n) is 2.84. The number of nitrogens with zero attached hydrogens (tertiary/aromatic N) is 2. The average molecular weight is 210 g/mol. The maximum Gasteiger partial charge on any atom is 0.176 e. The van der Waals surface area contributed by atoms with Crippen molar-refractivity contribution in [1.29, 1.82) is 0 Å². The Bertz CT molecular complexity index is 363. The molecule has 0 saturated heterocycles. The third-order valence-electron chi connectivity index (χ3n) is 1.94. The number of hydrogen-bond acceptors (Lipinski definition) is 4. The van der Waals surface area contributed by atoms with E-state index in [9.17, 15) is 4.79 Å². The van der Waals surface area contributed by atoms with Gasteiger partial charge in [0.25, 0.3) is 0 Å². The van der Waals surface area contributed by atoms with Gasteiger partial charge in [0.05, 0.1) is 0 Å². The number of halogens is 1. The van der Waals surface area contributed by atoms with Crippen LogP contribution in [0.15, 0.2) is 29.4 Å². The van der Waals surface area contributed by atoms with E-state index in [1.165, 1.54) is 0 Å². The van der Waals surface area contributed by atoms with Crippen molar-refractivity contribution in [2.24, 2.45) is 5.10 Å². The van der Waals surface area contributed by atoms with Gasteiger partial charge in [-0.2, -0.15) is 5.10 Å². The molecule has 14 heavy (non-hydrogen) atoms. The molecule has 0 amide bonds. The van der Waals surface area contributed by atoms with Gasteiger partial charge in [0, 0.05) is 10.7 Å². The summed E-state index contributed by atoms with van der Waals surface area (Å²) in [6.45, 7) is 0. The van der Waals surface area contributed by atoms with E-state index in [1.54, 1.807) is 23.4 Å². The topological polar surface area (TPSA) is 44.7 Å². The molecule has 72 valence electrons. The van der Waals surface area contributed by atoms with Crippen molar-refractivity contribution in [2.75, 3.05) is 4.90 Å². The second kappa shape index (κ2) is 3.67. The molecule has 0 bridgehead atoms. The zero-order chi connectivity index (χ0) is 9.97. The highest BCUT2D eigenvalue weighted by atomic mass is 35.5. The Hall–Kier alpha value is -1.55. The molecule has 0 aliphatic carbocycles. The summed E-state index contributed by atoms with van der Waals surface area (Å²) in [5, 5.41) is 4.47. The lowest BCUT2D eigenvalue weighted by molar-refractivity contribution is -0.109. The van der Waals surface area contributed by atoms with Crippen LogP contribution in [-0.4, -0.2) is 18.8 Å². The van der Waals surface area contributed by atoms with Crippen molar-refractivity contribution >= 4 is 29.9 Å². The molecule has 5 heteroatoms. The van der Waals surface area contributed by atoms with Crippen LogP contribution in [0.5, 0.6) is 0 Å². The van der Waals surface area contributed by atoms with Gasteiger partial charge in [0.2, 0.25) is 0 Å². The quantitative estimate of drug-likeness (QED) is 0.745. The summed E-state index contributed by atoms with van der Waals surface area (Å²) in [6, 6.07) is 7.20. The molecule has 1 aromatic rings. The number of hydrogen-bond donors (Lipinski definition) is 1. The second-order valence-corrected chi connectivity index (χ2v) is 3.27. The van der Waals surface area contributed by atoms with Crippen LogP contribution < -0.4 is 10.3 Å². The van der Waals surface area contributed by atoms with E-state index in [2.05, 4.69) is 10.5 Å². The number of carbonyl (C=O) groups is 1. The van der Waals surface area contributed by atoms with Crippen LogP contribution in [0.25, 0.3) is 0 Å². The molecule has 1 aliphatic rings. The van der Waals surface area contributed by atoms with Crippen LogP contribution in [0, 0.1) is 0 Å². The lowest BCUT2D eigenvalue weighted by Crippen LogP contribution is -2.38. The van der Waals surface area contributed by atoms with Crippen LogP contribution in [0.4, 0.5) is 5.69 Å². The molecule has 1 N–H and O–H groups in total. The Morgan fingerprint density at radius 3 is 2.79 bits per heavy atom. The number of anilines is 1. The van der Waals surface area contributed by atoms with Crippen LogP contribution in [0.2, 0.25) is 5.02 Å². The normalized spacial score (nSPS) is 19.5. The smallest absolute Gasteiger partial charge is 0.176 e. The zero-order valence-electron chi connectivity index (χ0n) is 7.22. The predicted octanol–water partition coefficient (Wildman–Crippen LogP) is 1.22. The van der Waals surface area contributed by atoms with E-state index in [1.807, 2.05) is 12.1 Å². The minimum Gasteiger partial charge on any atom is -0.302 e. The third kappa shape index (κ3) is 1.56. The van der Waals surface area contributed by atoms with Crippen molar-refractivity contribution in [3.05, 3.63) is 29.3 Å². The van der Waals surface area contributed by atoms with Crippen LogP contribution in [0.3, 0.4) is 0 Å². The number of carbonyl (C=O) groups excluding carboxylic acids is 1. The van der Waals surface area contributed by atoms with Crippen LogP contribution in [0.1, 0.15) is 0 Å². The lowest BCUT2D eigenvalue weighted by atomic mass is 10.3. The van der Waals surface area contributed by atoms with Crippen molar-refractivity contribution < 1.29 is 4.79 Å². The molecule has 1 aliphatic heterocycles. The molecule has 1 unspecified atom stereocenters. The first-order valence-electron chi connectivity index (χ1n) is 4.09. The lowest BCUT2D eigenvalue weighted by Gasteiger charge is -2.18. The molecule has 1 heterocycles. The summed E-state index contributed by atoms with van der Waals surface area (Å²) in [7, 11) is 0. The summed E-state index contributed by atoms with van der Waals surface area (Å²) in [5.74, 6) is 0. The number of benzene rings is 1. The molecule has 0 radical (unpaired) electrons. The van der Waals surface area contributed by atoms with Gasteiger partial charge in [-0.1, -0.05) is 11.6 Å². The fourth-order valence-corrected chi connectivity index (χ4v) is 1.37. The Balaban J connectivity index is 2.26. The standard InChI is InChI=1S/C9H8ClN3O/c10-7-1-3-8(4-2-7)13-6-11-12-9(13)5-14/h1-6,9,12H.